The molecule has 1 unspecified atom stereocenters. The molecule has 2 aromatic carbocycles. The lowest BCUT2D eigenvalue weighted by Crippen LogP contribution is -2.36. The molecule has 156 valence electrons. The summed E-state index contributed by atoms with van der Waals surface area (Å²) >= 11 is 0. The summed E-state index contributed by atoms with van der Waals surface area (Å²) in [5.74, 6) is -1.70. The topological polar surface area (TPSA) is 67.4 Å². The van der Waals surface area contributed by atoms with Crippen LogP contribution in [-0.2, 0) is 16.1 Å². The SMILES string of the molecule is CC(Oc1ccccc1C(C)C)C(=O)Nc1ccccc1CNC(=O)C(F)(F)F. The van der Waals surface area contributed by atoms with Crippen molar-refractivity contribution in [3.63, 3.8) is 0 Å². The van der Waals surface area contributed by atoms with Crippen molar-refractivity contribution in [3.05, 3.63) is 59.7 Å². The number of ether oxygens (including phenoxy) is 1. The van der Waals surface area contributed by atoms with Crippen LogP contribution in [0.5, 0.6) is 5.75 Å². The molecule has 0 aromatic heterocycles. The minimum Gasteiger partial charge on any atom is -0.481 e. The van der Waals surface area contributed by atoms with E-state index in [1.165, 1.54) is 6.07 Å². The van der Waals surface area contributed by atoms with Crippen LogP contribution in [-0.4, -0.2) is 24.1 Å². The number of carbonyl (C=O) groups excluding carboxylic acids is 2. The van der Waals surface area contributed by atoms with Gasteiger partial charge in [0.1, 0.15) is 5.75 Å². The number of hydrogen-bond donors (Lipinski definition) is 2. The Kier molecular flexibility index (Phi) is 7.25. The summed E-state index contributed by atoms with van der Waals surface area (Å²) < 4.78 is 42.9. The van der Waals surface area contributed by atoms with E-state index in [0.29, 0.717) is 17.0 Å². The molecular weight excluding hydrogens is 385 g/mol. The molecule has 0 radical (unpaired) electrons. The van der Waals surface area contributed by atoms with Crippen molar-refractivity contribution < 1.29 is 27.5 Å². The van der Waals surface area contributed by atoms with Crippen LogP contribution in [0.4, 0.5) is 18.9 Å². The van der Waals surface area contributed by atoms with Gasteiger partial charge in [-0.25, -0.2) is 0 Å². The molecule has 0 heterocycles. The Balaban J connectivity index is 2.06. The van der Waals surface area contributed by atoms with Gasteiger partial charge in [-0.1, -0.05) is 50.2 Å². The quantitative estimate of drug-likeness (QED) is 0.714. The number of nitrogens with one attached hydrogen (secondary N) is 2. The van der Waals surface area contributed by atoms with E-state index in [2.05, 4.69) is 5.32 Å². The van der Waals surface area contributed by atoms with Crippen LogP contribution in [0.2, 0.25) is 0 Å². The van der Waals surface area contributed by atoms with Gasteiger partial charge in [-0.3, -0.25) is 9.59 Å². The fourth-order valence-corrected chi connectivity index (χ4v) is 2.62. The highest BCUT2D eigenvalue weighted by Crippen LogP contribution is 2.27. The van der Waals surface area contributed by atoms with Crippen molar-refractivity contribution >= 4 is 17.5 Å². The fraction of sp³-hybridized carbons (Fsp3) is 0.333. The van der Waals surface area contributed by atoms with E-state index in [1.54, 1.807) is 36.5 Å². The maximum absolute atomic E-state index is 12.5. The predicted molar refractivity (Wildman–Crippen MR) is 104 cm³/mol. The summed E-state index contributed by atoms with van der Waals surface area (Å²) in [7, 11) is 0. The van der Waals surface area contributed by atoms with E-state index in [0.717, 1.165) is 5.56 Å². The number of halogens is 3. The molecule has 0 spiro atoms. The first-order valence-electron chi connectivity index (χ1n) is 9.09. The Bertz CT molecular complexity index is 866. The van der Waals surface area contributed by atoms with Crippen molar-refractivity contribution in [1.29, 1.82) is 0 Å². The summed E-state index contributed by atoms with van der Waals surface area (Å²) in [6.45, 7) is 5.23. The molecule has 29 heavy (non-hydrogen) atoms. The van der Waals surface area contributed by atoms with Gasteiger partial charge in [0.2, 0.25) is 0 Å². The van der Waals surface area contributed by atoms with E-state index in [-0.39, 0.29) is 12.5 Å². The molecule has 1 atom stereocenters. The van der Waals surface area contributed by atoms with Crippen LogP contribution in [0.25, 0.3) is 0 Å². The van der Waals surface area contributed by atoms with Gasteiger partial charge < -0.3 is 15.4 Å². The molecule has 0 fully saturated rings. The first kappa shape index (κ1) is 22.3. The van der Waals surface area contributed by atoms with Gasteiger partial charge in [0.15, 0.2) is 6.10 Å². The smallest absolute Gasteiger partial charge is 0.471 e. The molecule has 0 saturated carbocycles. The Morgan fingerprint density at radius 2 is 1.62 bits per heavy atom. The Morgan fingerprint density at radius 3 is 2.28 bits per heavy atom. The Hall–Kier alpha value is -3.03. The van der Waals surface area contributed by atoms with Crippen LogP contribution in [0.1, 0.15) is 37.8 Å². The van der Waals surface area contributed by atoms with Gasteiger partial charge in [-0.2, -0.15) is 13.2 Å². The maximum atomic E-state index is 12.5. The number of anilines is 1. The van der Waals surface area contributed by atoms with Crippen LogP contribution in [0, 0.1) is 0 Å². The minimum absolute atomic E-state index is 0.208. The zero-order valence-electron chi connectivity index (χ0n) is 16.3. The lowest BCUT2D eigenvalue weighted by atomic mass is 10.0. The summed E-state index contributed by atoms with van der Waals surface area (Å²) in [6, 6.07) is 13.7. The molecule has 0 aliphatic heterocycles. The van der Waals surface area contributed by atoms with Gasteiger partial charge in [0, 0.05) is 12.2 Å². The predicted octanol–water partition coefficient (Wildman–Crippen LogP) is 4.39. The van der Waals surface area contributed by atoms with E-state index >= 15 is 0 Å². The fourth-order valence-electron chi connectivity index (χ4n) is 2.62. The zero-order valence-corrected chi connectivity index (χ0v) is 16.3. The normalized spacial score (nSPS) is 12.4. The van der Waals surface area contributed by atoms with Crippen LogP contribution < -0.4 is 15.4 Å². The average Bonchev–Trinajstić information content (AvgIpc) is 2.66. The molecule has 0 saturated heterocycles. The van der Waals surface area contributed by atoms with Gasteiger partial charge in [-0.05, 0) is 36.1 Å². The van der Waals surface area contributed by atoms with Gasteiger partial charge in [0.25, 0.3) is 5.91 Å². The van der Waals surface area contributed by atoms with Crippen molar-refractivity contribution in [2.24, 2.45) is 0 Å². The second-order valence-corrected chi connectivity index (χ2v) is 6.78. The number of carbonyl (C=O) groups is 2. The summed E-state index contributed by atoms with van der Waals surface area (Å²) in [4.78, 5) is 23.6. The lowest BCUT2D eigenvalue weighted by molar-refractivity contribution is -0.173. The summed E-state index contributed by atoms with van der Waals surface area (Å²) in [5.41, 5.74) is 1.60. The number of benzene rings is 2. The van der Waals surface area contributed by atoms with Crippen LogP contribution in [0.15, 0.2) is 48.5 Å². The maximum Gasteiger partial charge on any atom is 0.471 e. The number of amides is 2. The van der Waals surface area contributed by atoms with Crippen molar-refractivity contribution in [3.8, 4) is 5.75 Å². The van der Waals surface area contributed by atoms with Crippen LogP contribution >= 0.6 is 0 Å². The molecule has 8 heteroatoms. The highest BCUT2D eigenvalue weighted by atomic mass is 19.4. The number of para-hydroxylation sites is 2. The molecule has 2 N–H and O–H groups in total. The molecule has 2 aromatic rings. The number of rotatable bonds is 7. The average molecular weight is 408 g/mol. The number of alkyl halides is 3. The van der Waals surface area contributed by atoms with E-state index in [9.17, 15) is 22.8 Å². The Labute approximate surface area is 167 Å². The van der Waals surface area contributed by atoms with Gasteiger partial charge >= 0.3 is 12.1 Å². The van der Waals surface area contributed by atoms with E-state index < -0.39 is 24.1 Å². The highest BCUT2D eigenvalue weighted by molar-refractivity contribution is 5.95. The minimum atomic E-state index is -4.97. The van der Waals surface area contributed by atoms with E-state index in [1.807, 2.05) is 32.0 Å². The van der Waals surface area contributed by atoms with Crippen molar-refractivity contribution in [2.75, 3.05) is 5.32 Å². The third kappa shape index (κ3) is 6.23. The molecule has 0 aliphatic rings. The van der Waals surface area contributed by atoms with Crippen molar-refractivity contribution in [2.45, 2.75) is 45.5 Å². The van der Waals surface area contributed by atoms with E-state index in [4.69, 9.17) is 4.74 Å². The molecule has 5 nitrogen and oxygen atoms in total. The standard InChI is InChI=1S/C21H23F3N2O3/c1-13(2)16-9-5-7-11-18(16)29-14(3)19(27)26-17-10-6-4-8-15(17)12-25-20(28)21(22,23)24/h4-11,13-14H,12H2,1-3H3,(H,25,28)(H,26,27). The Morgan fingerprint density at radius 1 is 1.00 bits per heavy atom. The van der Waals surface area contributed by atoms with Crippen molar-refractivity contribution in [1.82, 2.24) is 5.32 Å². The first-order chi connectivity index (χ1) is 13.6. The largest absolute Gasteiger partial charge is 0.481 e. The molecule has 2 rings (SSSR count). The monoisotopic (exact) mass is 408 g/mol. The molecule has 2 amide bonds. The lowest BCUT2D eigenvalue weighted by Gasteiger charge is -2.19. The number of hydrogen-bond acceptors (Lipinski definition) is 3. The zero-order chi connectivity index (χ0) is 21.6. The first-order valence-corrected chi connectivity index (χ1v) is 9.09. The molecule has 0 aliphatic carbocycles. The van der Waals surface area contributed by atoms with Crippen LogP contribution in [0.3, 0.4) is 0 Å². The van der Waals surface area contributed by atoms with Gasteiger partial charge in [-0.15, -0.1) is 0 Å². The summed E-state index contributed by atoms with van der Waals surface area (Å²) in [5, 5.41) is 4.44. The molecular formula is C21H23F3N2O3. The molecule has 0 bridgehead atoms. The third-order valence-corrected chi connectivity index (χ3v) is 4.19. The van der Waals surface area contributed by atoms with Gasteiger partial charge in [0.05, 0.1) is 0 Å². The summed E-state index contributed by atoms with van der Waals surface area (Å²) in [6.07, 6.45) is -5.81. The highest BCUT2D eigenvalue weighted by Gasteiger charge is 2.38. The second-order valence-electron chi connectivity index (χ2n) is 6.78. The third-order valence-electron chi connectivity index (χ3n) is 4.19. The second kappa shape index (κ2) is 9.45.